The molecule has 2 aliphatic rings. The monoisotopic (exact) mass is 196 g/mol. The zero-order valence-corrected chi connectivity index (χ0v) is 8.35. The Morgan fingerprint density at radius 3 is 3.33 bits per heavy atom. The number of rotatable bonds is 0. The Hall–Kier alpha value is -1.83. The molecular weight excluding hydrogens is 184 g/mol. The van der Waals surface area contributed by atoms with Crippen LogP contribution in [0.4, 0.5) is 5.82 Å². The Morgan fingerprint density at radius 2 is 2.33 bits per heavy atom. The molecule has 0 radical (unpaired) electrons. The van der Waals surface area contributed by atoms with Crippen molar-refractivity contribution >= 4 is 5.82 Å². The Labute approximate surface area is 89.0 Å². The van der Waals surface area contributed by atoms with Gasteiger partial charge in [-0.2, -0.15) is 0 Å². The summed E-state index contributed by atoms with van der Waals surface area (Å²) in [4.78, 5) is 4.37. The molecule has 1 aliphatic carbocycles. The van der Waals surface area contributed by atoms with Crippen molar-refractivity contribution < 1.29 is 0 Å². The van der Waals surface area contributed by atoms with E-state index in [0.29, 0.717) is 0 Å². The number of nitrogens with one attached hydrogen (secondary N) is 1. The molecule has 3 rings (SSSR count). The Balaban J connectivity index is 2.03. The van der Waals surface area contributed by atoms with Gasteiger partial charge in [0.25, 0.3) is 0 Å². The summed E-state index contributed by atoms with van der Waals surface area (Å²) >= 11 is 0. The van der Waals surface area contributed by atoms with E-state index < -0.39 is 0 Å². The molecule has 1 aliphatic heterocycles. The fraction of sp³-hybridized carbons (Fsp3) is 0.154. The zero-order chi connectivity index (χ0) is 10.1. The summed E-state index contributed by atoms with van der Waals surface area (Å²) < 4.78 is 0. The zero-order valence-electron chi connectivity index (χ0n) is 8.35. The summed E-state index contributed by atoms with van der Waals surface area (Å²) in [7, 11) is 0. The lowest BCUT2D eigenvalue weighted by molar-refractivity contribution is 1.03. The molecule has 2 heterocycles. The predicted octanol–water partition coefficient (Wildman–Crippen LogP) is 2.47. The van der Waals surface area contributed by atoms with Crippen LogP contribution in [-0.4, -0.2) is 11.0 Å². The molecule has 1 N–H and O–H groups in total. The second-order valence-electron chi connectivity index (χ2n) is 3.79. The highest BCUT2D eigenvalue weighted by atomic mass is 15.0. The maximum atomic E-state index is 4.37. The molecule has 2 heteroatoms. The van der Waals surface area contributed by atoms with Crippen LogP contribution >= 0.6 is 0 Å². The summed E-state index contributed by atoms with van der Waals surface area (Å²) in [5, 5.41) is 3.44. The minimum Gasteiger partial charge on any atom is -0.360 e. The minimum absolute atomic E-state index is 0.283. The quantitative estimate of drug-likeness (QED) is 0.689. The topological polar surface area (TPSA) is 24.9 Å². The van der Waals surface area contributed by atoms with E-state index in [-0.39, 0.29) is 6.04 Å². The first-order valence-corrected chi connectivity index (χ1v) is 5.19. The van der Waals surface area contributed by atoms with Gasteiger partial charge < -0.3 is 5.32 Å². The van der Waals surface area contributed by atoms with Crippen LogP contribution in [0.3, 0.4) is 0 Å². The second-order valence-corrected chi connectivity index (χ2v) is 3.79. The summed E-state index contributed by atoms with van der Waals surface area (Å²) in [5.74, 6) is 1.01. The van der Waals surface area contributed by atoms with Crippen molar-refractivity contribution in [1.29, 1.82) is 0 Å². The number of nitrogens with zero attached hydrogens (tertiary/aromatic N) is 1. The molecule has 0 saturated heterocycles. The summed E-state index contributed by atoms with van der Waals surface area (Å²) in [6.07, 6.45) is 13.5. The van der Waals surface area contributed by atoms with Crippen LogP contribution in [0.15, 0.2) is 54.3 Å². The van der Waals surface area contributed by atoms with Crippen molar-refractivity contribution in [3.05, 3.63) is 59.8 Å². The van der Waals surface area contributed by atoms with Gasteiger partial charge in [0.2, 0.25) is 0 Å². The highest BCUT2D eigenvalue weighted by molar-refractivity contribution is 5.54. The molecule has 0 aromatic carbocycles. The molecule has 0 saturated carbocycles. The van der Waals surface area contributed by atoms with Crippen LogP contribution in [0.5, 0.6) is 0 Å². The summed E-state index contributed by atoms with van der Waals surface area (Å²) in [6.45, 7) is 0. The van der Waals surface area contributed by atoms with Crippen molar-refractivity contribution in [3.8, 4) is 0 Å². The third kappa shape index (κ3) is 1.48. The van der Waals surface area contributed by atoms with E-state index in [1.807, 2.05) is 12.3 Å². The molecule has 0 fully saturated rings. The molecule has 0 bridgehead atoms. The number of pyridine rings is 1. The van der Waals surface area contributed by atoms with Gasteiger partial charge >= 0.3 is 0 Å². The van der Waals surface area contributed by atoms with E-state index in [0.717, 1.165) is 12.2 Å². The normalized spacial score (nSPS) is 22.1. The number of aromatic nitrogens is 1. The van der Waals surface area contributed by atoms with E-state index in [1.54, 1.807) is 0 Å². The second kappa shape index (κ2) is 3.39. The SMILES string of the molecule is C1=CC2=CCc3cccnc3NC2C=C1. The van der Waals surface area contributed by atoms with Crippen LogP contribution in [0, 0.1) is 0 Å². The molecule has 74 valence electrons. The molecule has 1 aromatic heterocycles. The Kier molecular flexibility index (Phi) is 1.91. The lowest BCUT2D eigenvalue weighted by Crippen LogP contribution is -2.19. The highest BCUT2D eigenvalue weighted by Gasteiger charge is 2.16. The first kappa shape index (κ1) is 8.48. The Morgan fingerprint density at radius 1 is 1.33 bits per heavy atom. The third-order valence-electron chi connectivity index (χ3n) is 2.80. The fourth-order valence-corrected chi connectivity index (χ4v) is 1.99. The lowest BCUT2D eigenvalue weighted by Gasteiger charge is -2.17. The van der Waals surface area contributed by atoms with E-state index in [9.17, 15) is 0 Å². The maximum Gasteiger partial charge on any atom is 0.130 e. The van der Waals surface area contributed by atoms with Crippen molar-refractivity contribution in [2.75, 3.05) is 5.32 Å². The first-order valence-electron chi connectivity index (χ1n) is 5.19. The molecule has 0 amide bonds. The first-order chi connectivity index (χ1) is 7.43. The van der Waals surface area contributed by atoms with E-state index >= 15 is 0 Å². The van der Waals surface area contributed by atoms with Crippen molar-refractivity contribution in [2.45, 2.75) is 12.5 Å². The number of allylic oxidation sites excluding steroid dienone is 3. The van der Waals surface area contributed by atoms with Crippen LogP contribution in [0.2, 0.25) is 0 Å². The highest BCUT2D eigenvalue weighted by Crippen LogP contribution is 2.24. The fourth-order valence-electron chi connectivity index (χ4n) is 1.99. The summed E-state index contributed by atoms with van der Waals surface area (Å²) in [5.41, 5.74) is 2.59. The lowest BCUT2D eigenvalue weighted by atomic mass is 10.0. The van der Waals surface area contributed by atoms with Gasteiger partial charge in [-0.05, 0) is 23.6 Å². The standard InChI is InChI=1S/C13H12N2/c1-2-6-12-10(4-1)7-8-11-5-3-9-14-13(11)15-12/h1-7,9,12H,8H2,(H,14,15). The van der Waals surface area contributed by atoms with Gasteiger partial charge in [0.1, 0.15) is 5.82 Å². The average Bonchev–Trinajstić information content (AvgIpc) is 2.48. The number of hydrogen-bond donors (Lipinski definition) is 1. The predicted molar refractivity (Wildman–Crippen MR) is 61.7 cm³/mol. The third-order valence-corrected chi connectivity index (χ3v) is 2.80. The van der Waals surface area contributed by atoms with Gasteiger partial charge in [0.15, 0.2) is 0 Å². The van der Waals surface area contributed by atoms with Crippen molar-refractivity contribution in [2.24, 2.45) is 0 Å². The average molecular weight is 196 g/mol. The largest absolute Gasteiger partial charge is 0.360 e. The van der Waals surface area contributed by atoms with Crippen LogP contribution in [0.25, 0.3) is 0 Å². The maximum absolute atomic E-state index is 4.37. The van der Waals surface area contributed by atoms with E-state index in [2.05, 4.69) is 46.7 Å². The number of fused-ring (bicyclic) bond motifs is 2. The minimum atomic E-state index is 0.283. The van der Waals surface area contributed by atoms with Crippen LogP contribution in [-0.2, 0) is 6.42 Å². The molecule has 1 unspecified atom stereocenters. The van der Waals surface area contributed by atoms with Gasteiger partial charge in [-0.3, -0.25) is 0 Å². The van der Waals surface area contributed by atoms with Gasteiger partial charge in [0.05, 0.1) is 6.04 Å². The Bertz CT molecular complexity index is 469. The van der Waals surface area contributed by atoms with Gasteiger partial charge in [-0.15, -0.1) is 0 Å². The molecule has 0 spiro atoms. The van der Waals surface area contributed by atoms with E-state index in [1.165, 1.54) is 11.1 Å². The molecule has 1 aromatic rings. The van der Waals surface area contributed by atoms with Gasteiger partial charge in [-0.1, -0.05) is 36.4 Å². The summed E-state index contributed by atoms with van der Waals surface area (Å²) in [6, 6.07) is 4.39. The van der Waals surface area contributed by atoms with Gasteiger partial charge in [-0.25, -0.2) is 4.98 Å². The van der Waals surface area contributed by atoms with Crippen molar-refractivity contribution in [3.63, 3.8) is 0 Å². The molecule has 2 nitrogen and oxygen atoms in total. The number of anilines is 1. The van der Waals surface area contributed by atoms with Crippen molar-refractivity contribution in [1.82, 2.24) is 4.98 Å². The smallest absolute Gasteiger partial charge is 0.130 e. The molecular formula is C13H12N2. The van der Waals surface area contributed by atoms with Gasteiger partial charge in [0, 0.05) is 6.20 Å². The van der Waals surface area contributed by atoms with Crippen LogP contribution < -0.4 is 5.32 Å². The molecule has 1 atom stereocenters. The van der Waals surface area contributed by atoms with E-state index in [4.69, 9.17) is 0 Å². The number of hydrogen-bond acceptors (Lipinski definition) is 2. The van der Waals surface area contributed by atoms with Crippen LogP contribution in [0.1, 0.15) is 5.56 Å². The molecule has 15 heavy (non-hydrogen) atoms.